The predicted octanol–water partition coefficient (Wildman–Crippen LogP) is 3.84. The monoisotopic (exact) mass is 837 g/mol. The summed E-state index contributed by atoms with van der Waals surface area (Å²) in [7, 11) is -3.98. The second-order valence-corrected chi connectivity index (χ2v) is 15.8. The smallest absolute Gasteiger partial charge is 0.414 e. The number of fused-ring (bicyclic) bond motifs is 1. The molecule has 0 saturated carbocycles. The number of aryl methyl sites for hydroxylation is 1. The van der Waals surface area contributed by atoms with Gasteiger partial charge in [0.25, 0.3) is 5.56 Å². The fourth-order valence-corrected chi connectivity index (χ4v) is 7.49. The lowest BCUT2D eigenvalue weighted by Gasteiger charge is -2.19. The number of benzene rings is 2. The predicted molar refractivity (Wildman–Crippen MR) is 198 cm³/mol. The molecule has 0 fully saturated rings. The van der Waals surface area contributed by atoms with Crippen molar-refractivity contribution in [3.63, 3.8) is 0 Å². The molecule has 0 saturated heterocycles. The number of nitrogens with two attached hydrogens (primary N) is 1. The Morgan fingerprint density at radius 1 is 1.08 bits per heavy atom. The van der Waals surface area contributed by atoms with Crippen LogP contribution in [0.3, 0.4) is 0 Å². The third-order valence-electron chi connectivity index (χ3n) is 6.71. The number of Topliss-reactive ketones (excluding diaryl/α,β-unsaturated/α-hetero) is 1. The number of guanidine groups is 1. The highest BCUT2D eigenvalue weighted by Gasteiger charge is 2.26. The van der Waals surface area contributed by atoms with Crippen LogP contribution in [0.5, 0.6) is 0 Å². The molecule has 4 rings (SSSR count). The Hall–Kier alpha value is -4.56. The molecule has 2 amide bonds. The highest BCUT2D eigenvalue weighted by molar-refractivity contribution is 14.1. The number of sulfonamides is 1. The van der Waals surface area contributed by atoms with Crippen LogP contribution < -0.4 is 26.6 Å². The zero-order chi connectivity index (χ0) is 36.6. The van der Waals surface area contributed by atoms with Gasteiger partial charge in [0.05, 0.1) is 22.0 Å². The van der Waals surface area contributed by atoms with Crippen LogP contribution in [0, 0.1) is 10.5 Å². The first-order valence-corrected chi connectivity index (χ1v) is 18.6. The van der Waals surface area contributed by atoms with Gasteiger partial charge in [-0.1, -0.05) is 30.3 Å². The average molecular weight is 838 g/mol. The van der Waals surface area contributed by atoms with Gasteiger partial charge in [-0.2, -0.15) is 0 Å². The third-order valence-corrected chi connectivity index (χ3v) is 10.0. The number of pyridine rings is 1. The van der Waals surface area contributed by atoms with E-state index < -0.39 is 51.6 Å². The molecule has 50 heavy (non-hydrogen) atoms. The van der Waals surface area contributed by atoms with E-state index in [0.29, 0.717) is 16.8 Å². The maximum atomic E-state index is 13.6. The molecule has 1 unspecified atom stereocenters. The van der Waals surface area contributed by atoms with E-state index in [4.69, 9.17) is 15.3 Å². The molecule has 0 spiro atoms. The number of hydrogen-bond donors (Lipinski definition) is 4. The molecule has 0 radical (unpaired) electrons. The first-order chi connectivity index (χ1) is 23.5. The van der Waals surface area contributed by atoms with Crippen molar-refractivity contribution in [3.8, 4) is 0 Å². The van der Waals surface area contributed by atoms with Crippen molar-refractivity contribution in [2.45, 2.75) is 58.1 Å². The Kier molecular flexibility index (Phi) is 12.6. The third kappa shape index (κ3) is 11.0. The fourth-order valence-electron chi connectivity index (χ4n) is 4.46. The molecule has 0 bridgehead atoms. The summed E-state index contributed by atoms with van der Waals surface area (Å²) in [5.74, 6) is -1.96. The molecule has 2 aromatic carbocycles. The zero-order valence-corrected chi connectivity index (χ0v) is 31.3. The number of nitrogens with zero attached hydrogens (tertiary/aromatic N) is 3. The lowest BCUT2D eigenvalue weighted by molar-refractivity contribution is -0.122. The molecule has 0 aliphatic carbocycles. The van der Waals surface area contributed by atoms with Crippen LogP contribution in [-0.4, -0.2) is 60.0 Å². The van der Waals surface area contributed by atoms with Crippen LogP contribution in [0.1, 0.15) is 48.3 Å². The van der Waals surface area contributed by atoms with E-state index in [1.165, 1.54) is 12.1 Å². The van der Waals surface area contributed by atoms with E-state index >= 15 is 0 Å². The van der Waals surface area contributed by atoms with E-state index in [-0.39, 0.29) is 35.4 Å². The number of nitrogens with one attached hydrogen (secondary N) is 3. The number of halogens is 1. The van der Waals surface area contributed by atoms with E-state index in [2.05, 4.69) is 25.5 Å². The molecule has 4 aromatic rings. The number of aromatic nitrogens is 2. The van der Waals surface area contributed by atoms with Gasteiger partial charge in [0.1, 0.15) is 24.4 Å². The highest BCUT2D eigenvalue weighted by Crippen LogP contribution is 2.23. The van der Waals surface area contributed by atoms with Crippen molar-refractivity contribution in [1.82, 2.24) is 20.2 Å². The van der Waals surface area contributed by atoms with Crippen molar-refractivity contribution in [1.29, 1.82) is 0 Å². The highest BCUT2D eigenvalue weighted by atomic mass is 127. The summed E-state index contributed by atoms with van der Waals surface area (Å²) in [5, 5.41) is 8.62. The van der Waals surface area contributed by atoms with E-state index in [9.17, 15) is 27.6 Å². The van der Waals surface area contributed by atoms with Gasteiger partial charge in [0.2, 0.25) is 27.7 Å². The number of oxime groups is 1. The Labute approximate surface area is 305 Å². The van der Waals surface area contributed by atoms with E-state index in [1.807, 2.05) is 34.7 Å². The number of carbonyl (C=O) groups excluding carboxylic acids is 3. The number of para-hydroxylation sites is 1. The molecular formula is C32H36IN7O8S2. The van der Waals surface area contributed by atoms with Crippen LogP contribution in [0.15, 0.2) is 70.6 Å². The van der Waals surface area contributed by atoms with Gasteiger partial charge in [-0.3, -0.25) is 24.4 Å². The zero-order valence-electron chi connectivity index (χ0n) is 27.6. The Balaban J connectivity index is 1.48. The molecule has 0 aliphatic heterocycles. The minimum atomic E-state index is -3.98. The normalized spacial score (nSPS) is 12.6. The van der Waals surface area contributed by atoms with Crippen molar-refractivity contribution >= 4 is 83.6 Å². The van der Waals surface area contributed by atoms with Crippen molar-refractivity contribution in [3.05, 3.63) is 90.9 Å². The largest absolute Gasteiger partial charge is 0.444 e. The minimum Gasteiger partial charge on any atom is -0.444 e. The Bertz CT molecular complexity index is 2060. The summed E-state index contributed by atoms with van der Waals surface area (Å²) in [4.78, 5) is 61.9. The van der Waals surface area contributed by atoms with Crippen LogP contribution in [-0.2, 0) is 36.7 Å². The van der Waals surface area contributed by atoms with Crippen molar-refractivity contribution < 1.29 is 32.4 Å². The molecule has 266 valence electrons. The summed E-state index contributed by atoms with van der Waals surface area (Å²) in [6, 6.07) is 15.8. The van der Waals surface area contributed by atoms with Gasteiger partial charge in [-0.05, 0) is 91.3 Å². The molecule has 18 heteroatoms. The molecule has 15 nitrogen and oxygen atoms in total. The maximum absolute atomic E-state index is 13.6. The second-order valence-electron chi connectivity index (χ2n) is 11.9. The quantitative estimate of drug-likeness (QED) is 0.0382. The van der Waals surface area contributed by atoms with Gasteiger partial charge in [-0.25, -0.2) is 18.2 Å². The second kappa shape index (κ2) is 16.4. The summed E-state index contributed by atoms with van der Waals surface area (Å²) >= 11 is 3.18. The summed E-state index contributed by atoms with van der Waals surface area (Å²) in [6.07, 6.45) is -0.928. The SMILES string of the molecule is Cc1ccc(NS(=O)(=O)Cc2ccccc2I)c(=O)n1CC(=O)NC(CCO/N=C(\N)NC(=O)OC(C)(C)C)C(=O)c1nc2ccccc2s1. The van der Waals surface area contributed by atoms with Crippen LogP contribution in [0.2, 0.25) is 0 Å². The number of amides is 2. The maximum Gasteiger partial charge on any atom is 0.414 e. The number of ketones is 1. The van der Waals surface area contributed by atoms with Crippen LogP contribution in [0.4, 0.5) is 10.5 Å². The molecule has 1 atom stereocenters. The van der Waals surface area contributed by atoms with Crippen LogP contribution in [0.25, 0.3) is 10.2 Å². The summed E-state index contributed by atoms with van der Waals surface area (Å²) in [6.45, 7) is 5.88. The summed E-state index contributed by atoms with van der Waals surface area (Å²) in [5.41, 5.74) is 5.49. The lowest BCUT2D eigenvalue weighted by Crippen LogP contribution is -2.44. The van der Waals surface area contributed by atoms with Gasteiger partial charge < -0.3 is 25.2 Å². The Morgan fingerprint density at radius 2 is 1.78 bits per heavy atom. The van der Waals surface area contributed by atoms with Gasteiger partial charge >= 0.3 is 6.09 Å². The van der Waals surface area contributed by atoms with Crippen molar-refractivity contribution in [2.24, 2.45) is 10.9 Å². The Morgan fingerprint density at radius 3 is 2.48 bits per heavy atom. The van der Waals surface area contributed by atoms with Gasteiger partial charge in [-0.15, -0.1) is 11.3 Å². The minimum absolute atomic E-state index is 0.0876. The number of rotatable bonds is 13. The van der Waals surface area contributed by atoms with Gasteiger partial charge in [0, 0.05) is 15.7 Å². The molecule has 5 N–H and O–H groups in total. The molecular weight excluding hydrogens is 801 g/mol. The molecule has 2 heterocycles. The molecule has 2 aromatic heterocycles. The standard InChI is InChI=1S/C32H36IN7O8S2/c1-19-13-14-24(39-50(45,46)18-20-9-5-6-10-21(20)33)29(43)40(19)17-26(41)35-23(27(42)28-36-22-11-7-8-12-25(22)49-28)15-16-47-38-30(34)37-31(44)48-32(2,3)4/h5-14,23,39H,15-18H2,1-4H3,(H,35,41)(H3,34,37,38,44). The topological polar surface area (TPSA) is 213 Å². The average Bonchev–Trinajstić information content (AvgIpc) is 3.46. The molecule has 0 aliphatic rings. The summed E-state index contributed by atoms with van der Waals surface area (Å²) < 4.78 is 36.0. The van der Waals surface area contributed by atoms with Crippen molar-refractivity contribution in [2.75, 3.05) is 11.3 Å². The number of ether oxygens (including phenoxy) is 1. The van der Waals surface area contributed by atoms with Crippen LogP contribution >= 0.6 is 33.9 Å². The number of hydrogen-bond acceptors (Lipinski definition) is 11. The number of thiazole rings is 1. The van der Waals surface area contributed by atoms with E-state index in [0.717, 1.165) is 24.2 Å². The number of carbonyl (C=O) groups is 3. The first-order valence-electron chi connectivity index (χ1n) is 15.1. The number of anilines is 1. The fraction of sp³-hybridized carbons (Fsp3) is 0.312. The first kappa shape index (κ1) is 38.2. The van der Waals surface area contributed by atoms with Gasteiger partial charge in [0.15, 0.2) is 5.01 Å². The van der Waals surface area contributed by atoms with E-state index in [1.54, 1.807) is 64.1 Å². The lowest BCUT2D eigenvalue weighted by atomic mass is 10.1. The number of alkyl carbamates (subject to hydrolysis) is 1.